The van der Waals surface area contributed by atoms with Crippen LogP contribution in [0.2, 0.25) is 0 Å². The van der Waals surface area contributed by atoms with Gasteiger partial charge < -0.3 is 25.6 Å². The van der Waals surface area contributed by atoms with E-state index in [0.29, 0.717) is 30.2 Å². The fourth-order valence-corrected chi connectivity index (χ4v) is 3.16. The molecule has 0 saturated carbocycles. The molecule has 0 bridgehead atoms. The Hall–Kier alpha value is -3.20. The average Bonchev–Trinajstić information content (AvgIpc) is 2.79. The van der Waals surface area contributed by atoms with Crippen molar-refractivity contribution in [3.8, 4) is 17.4 Å². The summed E-state index contributed by atoms with van der Waals surface area (Å²) in [5.74, 6) is 0.103. The van der Waals surface area contributed by atoms with Crippen molar-refractivity contribution in [2.24, 2.45) is 5.73 Å². The SMILES string of the molecule is CC(C)(Cc1ccc(Oc2ccc(C(N)=O)cn2)cc1)NC[C@H](O)COc1ccccc1F.Cl. The van der Waals surface area contributed by atoms with Crippen LogP contribution in [0.15, 0.2) is 66.9 Å². The van der Waals surface area contributed by atoms with Gasteiger partial charge >= 0.3 is 0 Å². The second-order valence-corrected chi connectivity index (χ2v) is 8.33. The first-order valence-electron chi connectivity index (χ1n) is 10.5. The Balaban J connectivity index is 0.00000408. The highest BCUT2D eigenvalue weighted by Gasteiger charge is 2.20. The summed E-state index contributed by atoms with van der Waals surface area (Å²) >= 11 is 0. The quantitative estimate of drug-likeness (QED) is 0.377. The highest BCUT2D eigenvalue weighted by atomic mass is 35.5. The van der Waals surface area contributed by atoms with Gasteiger partial charge in [0.15, 0.2) is 11.6 Å². The zero-order valence-electron chi connectivity index (χ0n) is 19.0. The summed E-state index contributed by atoms with van der Waals surface area (Å²) in [4.78, 5) is 15.2. The lowest BCUT2D eigenvalue weighted by Crippen LogP contribution is -2.46. The summed E-state index contributed by atoms with van der Waals surface area (Å²) in [5, 5.41) is 13.5. The molecule has 0 aliphatic heterocycles. The minimum atomic E-state index is -0.784. The van der Waals surface area contributed by atoms with Gasteiger partial charge in [0, 0.05) is 24.3 Å². The van der Waals surface area contributed by atoms with Gasteiger partial charge in [-0.05, 0) is 56.2 Å². The monoisotopic (exact) mass is 489 g/mol. The predicted octanol–water partition coefficient (Wildman–Crippen LogP) is 3.88. The van der Waals surface area contributed by atoms with Crippen LogP contribution >= 0.6 is 12.4 Å². The van der Waals surface area contributed by atoms with Crippen molar-refractivity contribution < 1.29 is 23.8 Å². The number of para-hydroxylation sites is 1. The molecule has 34 heavy (non-hydrogen) atoms. The Kier molecular flexibility index (Phi) is 9.80. The molecule has 0 saturated heterocycles. The molecular weight excluding hydrogens is 461 g/mol. The topological polar surface area (TPSA) is 107 Å². The number of pyridine rings is 1. The minimum absolute atomic E-state index is 0. The summed E-state index contributed by atoms with van der Waals surface area (Å²) in [7, 11) is 0. The molecule has 0 unspecified atom stereocenters. The molecule has 1 aromatic heterocycles. The fourth-order valence-electron chi connectivity index (χ4n) is 3.16. The van der Waals surface area contributed by atoms with Crippen LogP contribution in [0.1, 0.15) is 29.8 Å². The molecule has 0 aliphatic carbocycles. The lowest BCUT2D eigenvalue weighted by atomic mass is 9.94. The van der Waals surface area contributed by atoms with E-state index >= 15 is 0 Å². The number of hydrogen-bond acceptors (Lipinski definition) is 6. The number of aliphatic hydroxyl groups excluding tert-OH is 1. The number of nitrogens with two attached hydrogens (primary N) is 1. The molecule has 3 aromatic rings. The predicted molar refractivity (Wildman–Crippen MR) is 130 cm³/mol. The molecule has 1 heterocycles. The number of primary amides is 1. The van der Waals surface area contributed by atoms with E-state index in [4.69, 9.17) is 15.2 Å². The third-order valence-electron chi connectivity index (χ3n) is 4.90. The van der Waals surface area contributed by atoms with E-state index in [9.17, 15) is 14.3 Å². The zero-order valence-corrected chi connectivity index (χ0v) is 19.8. The van der Waals surface area contributed by atoms with E-state index in [1.54, 1.807) is 24.3 Å². The number of halogens is 2. The van der Waals surface area contributed by atoms with Gasteiger partial charge in [-0.15, -0.1) is 12.4 Å². The highest BCUT2D eigenvalue weighted by molar-refractivity contribution is 5.92. The number of amides is 1. The number of carbonyl (C=O) groups is 1. The van der Waals surface area contributed by atoms with Crippen molar-refractivity contribution in [2.45, 2.75) is 31.9 Å². The Labute approximate surface area is 204 Å². The van der Waals surface area contributed by atoms with Crippen molar-refractivity contribution in [1.29, 1.82) is 0 Å². The van der Waals surface area contributed by atoms with Crippen LogP contribution < -0.4 is 20.5 Å². The van der Waals surface area contributed by atoms with Gasteiger partial charge in [0.05, 0.1) is 5.56 Å². The largest absolute Gasteiger partial charge is 0.488 e. The number of rotatable bonds is 11. The maximum absolute atomic E-state index is 13.6. The first-order valence-corrected chi connectivity index (χ1v) is 10.5. The van der Waals surface area contributed by atoms with Gasteiger partial charge in [0.1, 0.15) is 18.5 Å². The molecule has 2 aromatic carbocycles. The van der Waals surface area contributed by atoms with Crippen molar-refractivity contribution in [3.63, 3.8) is 0 Å². The maximum Gasteiger partial charge on any atom is 0.250 e. The molecule has 9 heteroatoms. The van der Waals surface area contributed by atoms with Crippen LogP contribution in [0, 0.1) is 5.82 Å². The van der Waals surface area contributed by atoms with E-state index in [1.165, 1.54) is 18.3 Å². The van der Waals surface area contributed by atoms with Crippen LogP contribution in [0.25, 0.3) is 0 Å². The Morgan fingerprint density at radius 2 is 1.85 bits per heavy atom. The van der Waals surface area contributed by atoms with E-state index in [2.05, 4.69) is 10.3 Å². The second kappa shape index (κ2) is 12.3. The number of aliphatic hydroxyl groups is 1. The molecule has 0 fully saturated rings. The first-order chi connectivity index (χ1) is 15.7. The molecule has 1 atom stereocenters. The van der Waals surface area contributed by atoms with Gasteiger partial charge in [0.2, 0.25) is 11.8 Å². The molecule has 0 radical (unpaired) electrons. The van der Waals surface area contributed by atoms with Crippen LogP contribution in [0.4, 0.5) is 4.39 Å². The van der Waals surface area contributed by atoms with Crippen molar-refractivity contribution >= 4 is 18.3 Å². The zero-order chi connectivity index (χ0) is 23.8. The summed E-state index contributed by atoms with van der Waals surface area (Å²) in [6, 6.07) is 16.8. The van der Waals surface area contributed by atoms with Crippen LogP contribution in [0.3, 0.4) is 0 Å². The van der Waals surface area contributed by atoms with Gasteiger partial charge in [-0.25, -0.2) is 9.37 Å². The average molecular weight is 490 g/mol. The number of β-amino-alcohol motifs (C(OH)–C–C–N with tert-alkyl or cyclic N) is 1. The van der Waals surface area contributed by atoms with Crippen molar-refractivity contribution in [1.82, 2.24) is 10.3 Å². The lowest BCUT2D eigenvalue weighted by Gasteiger charge is -2.28. The number of nitrogens with zero attached hydrogens (tertiary/aromatic N) is 1. The Morgan fingerprint density at radius 3 is 2.47 bits per heavy atom. The molecule has 0 spiro atoms. The molecule has 7 nitrogen and oxygen atoms in total. The molecule has 0 aliphatic rings. The fraction of sp³-hybridized carbons (Fsp3) is 0.280. The van der Waals surface area contributed by atoms with Gasteiger partial charge in [-0.2, -0.15) is 0 Å². The highest BCUT2D eigenvalue weighted by Crippen LogP contribution is 2.22. The number of ether oxygens (including phenoxy) is 2. The molecule has 182 valence electrons. The van der Waals surface area contributed by atoms with Gasteiger partial charge in [0.25, 0.3) is 0 Å². The third-order valence-corrected chi connectivity index (χ3v) is 4.90. The number of aromatic nitrogens is 1. The van der Waals surface area contributed by atoms with E-state index in [-0.39, 0.29) is 30.3 Å². The molecule has 4 N–H and O–H groups in total. The van der Waals surface area contributed by atoms with Crippen LogP contribution in [-0.4, -0.2) is 40.8 Å². The van der Waals surface area contributed by atoms with Crippen LogP contribution in [0.5, 0.6) is 17.4 Å². The smallest absolute Gasteiger partial charge is 0.250 e. The summed E-state index contributed by atoms with van der Waals surface area (Å²) in [5.41, 5.74) is 6.30. The summed E-state index contributed by atoms with van der Waals surface area (Å²) in [6.07, 6.45) is 1.29. The first kappa shape index (κ1) is 27.0. The molecule has 3 rings (SSSR count). The van der Waals surface area contributed by atoms with Crippen LogP contribution in [-0.2, 0) is 6.42 Å². The lowest BCUT2D eigenvalue weighted by molar-refractivity contribution is 0.0968. The van der Waals surface area contributed by atoms with E-state index in [0.717, 1.165) is 5.56 Å². The molecular formula is C25H29ClFN3O4. The standard InChI is InChI=1S/C25H28FN3O4.ClH/c1-25(2,29-15-19(30)16-32-22-6-4-3-5-21(22)26)13-17-7-10-20(11-8-17)33-23-12-9-18(14-28-23)24(27)31;/h3-12,14,19,29-30H,13,15-16H2,1-2H3,(H2,27,31);1H/t19-;/m0./s1. The Morgan fingerprint density at radius 1 is 1.15 bits per heavy atom. The second-order valence-electron chi connectivity index (χ2n) is 8.33. The van der Waals surface area contributed by atoms with Gasteiger partial charge in [-0.3, -0.25) is 4.79 Å². The maximum atomic E-state index is 13.6. The van der Waals surface area contributed by atoms with Crippen molar-refractivity contribution in [2.75, 3.05) is 13.2 Å². The Bertz CT molecular complexity index is 1060. The third kappa shape index (κ3) is 8.30. The normalized spacial score (nSPS) is 11.9. The summed E-state index contributed by atoms with van der Waals surface area (Å²) in [6.45, 7) is 4.36. The van der Waals surface area contributed by atoms with E-state index in [1.807, 2.05) is 38.1 Å². The summed E-state index contributed by atoms with van der Waals surface area (Å²) < 4.78 is 24.7. The minimum Gasteiger partial charge on any atom is -0.488 e. The molecule has 1 amide bonds. The number of carbonyl (C=O) groups excluding carboxylic acids is 1. The van der Waals surface area contributed by atoms with Crippen molar-refractivity contribution in [3.05, 3.63) is 83.8 Å². The number of nitrogens with one attached hydrogen (secondary N) is 1. The van der Waals surface area contributed by atoms with E-state index < -0.39 is 17.8 Å². The number of benzene rings is 2. The number of hydrogen-bond donors (Lipinski definition) is 3. The van der Waals surface area contributed by atoms with Gasteiger partial charge in [-0.1, -0.05) is 24.3 Å².